The molecule has 21 heavy (non-hydrogen) atoms. The summed E-state index contributed by atoms with van der Waals surface area (Å²) in [6, 6.07) is 13.6. The summed E-state index contributed by atoms with van der Waals surface area (Å²) in [7, 11) is 0. The van der Waals surface area contributed by atoms with E-state index in [0.29, 0.717) is 5.92 Å². The highest BCUT2D eigenvalue weighted by Gasteiger charge is 2.18. The Kier molecular flexibility index (Phi) is 4.30. The minimum atomic E-state index is 0.503. The third-order valence-corrected chi connectivity index (χ3v) is 4.74. The van der Waals surface area contributed by atoms with Gasteiger partial charge in [0.05, 0.1) is 0 Å². The van der Waals surface area contributed by atoms with Gasteiger partial charge in [-0.05, 0) is 52.8 Å². The van der Waals surface area contributed by atoms with Crippen molar-refractivity contribution < 1.29 is 0 Å². The Balaban J connectivity index is 1.98. The highest BCUT2D eigenvalue weighted by Crippen LogP contribution is 2.40. The van der Waals surface area contributed by atoms with Gasteiger partial charge in [-0.2, -0.15) is 0 Å². The van der Waals surface area contributed by atoms with E-state index < -0.39 is 0 Å². The molecule has 0 radical (unpaired) electrons. The van der Waals surface area contributed by atoms with Crippen LogP contribution in [-0.2, 0) is 6.42 Å². The van der Waals surface area contributed by atoms with Crippen molar-refractivity contribution in [3.63, 3.8) is 0 Å². The zero-order chi connectivity index (χ0) is 14.8. The summed E-state index contributed by atoms with van der Waals surface area (Å²) in [4.78, 5) is 0. The molecule has 1 atom stereocenters. The Morgan fingerprint density at radius 2 is 1.86 bits per heavy atom. The van der Waals surface area contributed by atoms with Crippen LogP contribution in [-0.4, -0.2) is 0 Å². The van der Waals surface area contributed by atoms with Gasteiger partial charge in [0.1, 0.15) is 0 Å². The van der Waals surface area contributed by atoms with E-state index in [1.165, 1.54) is 47.1 Å². The second kappa shape index (κ2) is 6.19. The van der Waals surface area contributed by atoms with Gasteiger partial charge in [-0.15, -0.1) is 0 Å². The van der Waals surface area contributed by atoms with Crippen molar-refractivity contribution >= 4 is 22.0 Å². The maximum atomic E-state index is 3.65. The molecule has 2 aromatic rings. The summed E-state index contributed by atoms with van der Waals surface area (Å²) in [5.41, 5.74) is 6.93. The Morgan fingerprint density at radius 3 is 2.57 bits per heavy atom. The molecule has 0 amide bonds. The molecule has 1 aliphatic rings. The predicted octanol–water partition coefficient (Wildman–Crippen LogP) is 6.59. The van der Waals surface area contributed by atoms with Crippen LogP contribution >= 0.6 is 15.9 Å². The van der Waals surface area contributed by atoms with Crippen LogP contribution in [0.1, 0.15) is 49.3 Å². The Bertz CT molecular complexity index is 665. The quantitative estimate of drug-likeness (QED) is 0.588. The lowest BCUT2D eigenvalue weighted by molar-refractivity contribution is 0.795. The maximum absolute atomic E-state index is 3.65. The minimum absolute atomic E-state index is 0.503. The number of hydrogen-bond donors (Lipinski definition) is 0. The van der Waals surface area contributed by atoms with Crippen molar-refractivity contribution in [3.8, 4) is 11.1 Å². The summed E-state index contributed by atoms with van der Waals surface area (Å²) in [5.74, 6) is 0.503. The molecular weight excluding hydrogens is 320 g/mol. The summed E-state index contributed by atoms with van der Waals surface area (Å²) in [6.45, 7) is 4.52. The average molecular weight is 341 g/mol. The summed E-state index contributed by atoms with van der Waals surface area (Å²) >= 11 is 3.65. The highest BCUT2D eigenvalue weighted by molar-refractivity contribution is 9.10. The molecule has 0 saturated carbocycles. The second-order valence-corrected chi connectivity index (χ2v) is 6.82. The first-order valence-electron chi connectivity index (χ1n) is 7.80. The lowest BCUT2D eigenvalue weighted by Crippen LogP contribution is -1.94. The zero-order valence-electron chi connectivity index (χ0n) is 12.7. The van der Waals surface area contributed by atoms with Gasteiger partial charge < -0.3 is 0 Å². The third kappa shape index (κ3) is 2.98. The predicted molar refractivity (Wildman–Crippen MR) is 95.6 cm³/mol. The van der Waals surface area contributed by atoms with E-state index in [1.54, 1.807) is 0 Å². The molecule has 108 valence electrons. The molecule has 3 rings (SSSR count). The number of fused-ring (bicyclic) bond motifs is 1. The molecule has 0 N–H and O–H groups in total. The molecule has 0 aliphatic heterocycles. The van der Waals surface area contributed by atoms with Crippen LogP contribution in [0, 0.1) is 0 Å². The first-order valence-corrected chi connectivity index (χ1v) is 8.59. The summed E-state index contributed by atoms with van der Waals surface area (Å²) in [5, 5.41) is 0. The molecular formula is C20H21Br. The van der Waals surface area contributed by atoms with Crippen LogP contribution in [0.2, 0.25) is 0 Å². The fourth-order valence-electron chi connectivity index (χ4n) is 3.10. The molecule has 1 aliphatic carbocycles. The SMILES string of the molecule is CCCCc1ccc(-c2cc(Br)cc3c2C(C)C=C3)cc1. The van der Waals surface area contributed by atoms with Crippen LogP contribution in [0.25, 0.3) is 17.2 Å². The number of unbranched alkanes of at least 4 members (excludes halogenated alkanes) is 1. The Morgan fingerprint density at radius 1 is 1.10 bits per heavy atom. The third-order valence-electron chi connectivity index (χ3n) is 4.28. The van der Waals surface area contributed by atoms with E-state index in [1.807, 2.05) is 0 Å². The van der Waals surface area contributed by atoms with Gasteiger partial charge in [0.15, 0.2) is 0 Å². The van der Waals surface area contributed by atoms with Crippen molar-refractivity contribution in [1.82, 2.24) is 0 Å². The normalized spacial score (nSPS) is 16.2. The number of allylic oxidation sites excluding steroid dienone is 1. The largest absolute Gasteiger partial charge is 0.0766 e. The van der Waals surface area contributed by atoms with E-state index >= 15 is 0 Å². The highest BCUT2D eigenvalue weighted by atomic mass is 79.9. The number of halogens is 1. The second-order valence-electron chi connectivity index (χ2n) is 5.90. The van der Waals surface area contributed by atoms with Gasteiger partial charge in [0.25, 0.3) is 0 Å². The van der Waals surface area contributed by atoms with Crippen LogP contribution in [0.3, 0.4) is 0 Å². The molecule has 1 heteroatoms. The molecule has 0 fully saturated rings. The Labute approximate surface area is 136 Å². The van der Waals surface area contributed by atoms with Crippen LogP contribution < -0.4 is 0 Å². The number of benzene rings is 2. The topological polar surface area (TPSA) is 0 Å². The minimum Gasteiger partial charge on any atom is -0.0766 e. The van der Waals surface area contributed by atoms with E-state index in [2.05, 4.69) is 78.3 Å². The zero-order valence-corrected chi connectivity index (χ0v) is 14.3. The first-order chi connectivity index (χ1) is 10.2. The van der Waals surface area contributed by atoms with E-state index in [-0.39, 0.29) is 0 Å². The maximum Gasteiger partial charge on any atom is 0.0187 e. The van der Waals surface area contributed by atoms with E-state index in [0.717, 1.165) is 4.47 Å². The molecule has 0 nitrogen and oxygen atoms in total. The fraction of sp³-hybridized carbons (Fsp3) is 0.300. The van der Waals surface area contributed by atoms with E-state index in [9.17, 15) is 0 Å². The number of aryl methyl sites for hydroxylation is 1. The van der Waals surface area contributed by atoms with Crippen molar-refractivity contribution in [2.45, 2.75) is 39.0 Å². The lowest BCUT2D eigenvalue weighted by atomic mass is 9.91. The molecule has 0 aromatic heterocycles. The standard InChI is InChI=1S/C20H21Br/c1-3-4-5-15-7-10-16(11-8-15)19-13-18(21)12-17-9-6-14(2)20(17)19/h6-14H,3-5H2,1-2H3. The molecule has 2 aromatic carbocycles. The van der Waals surface area contributed by atoms with Gasteiger partial charge >= 0.3 is 0 Å². The van der Waals surface area contributed by atoms with Gasteiger partial charge in [0, 0.05) is 10.4 Å². The Hall–Kier alpha value is -1.34. The molecule has 0 spiro atoms. The first kappa shape index (κ1) is 14.6. The fourth-order valence-corrected chi connectivity index (χ4v) is 3.58. The molecule has 0 saturated heterocycles. The smallest absolute Gasteiger partial charge is 0.0187 e. The summed E-state index contributed by atoms with van der Waals surface area (Å²) < 4.78 is 1.16. The van der Waals surface area contributed by atoms with Crippen molar-refractivity contribution in [2.75, 3.05) is 0 Å². The van der Waals surface area contributed by atoms with Crippen molar-refractivity contribution in [1.29, 1.82) is 0 Å². The van der Waals surface area contributed by atoms with Gasteiger partial charge in [0.2, 0.25) is 0 Å². The van der Waals surface area contributed by atoms with Crippen LogP contribution in [0.15, 0.2) is 46.9 Å². The lowest BCUT2D eigenvalue weighted by Gasteiger charge is -2.14. The van der Waals surface area contributed by atoms with Crippen molar-refractivity contribution in [3.05, 3.63) is 63.6 Å². The molecule has 0 heterocycles. The number of hydrogen-bond acceptors (Lipinski definition) is 0. The molecule has 1 unspecified atom stereocenters. The number of rotatable bonds is 4. The van der Waals surface area contributed by atoms with Crippen LogP contribution in [0.4, 0.5) is 0 Å². The average Bonchev–Trinajstić information content (AvgIpc) is 2.86. The van der Waals surface area contributed by atoms with Gasteiger partial charge in [-0.3, -0.25) is 0 Å². The van der Waals surface area contributed by atoms with Gasteiger partial charge in [-0.1, -0.05) is 72.6 Å². The van der Waals surface area contributed by atoms with Gasteiger partial charge in [-0.25, -0.2) is 0 Å². The van der Waals surface area contributed by atoms with Crippen LogP contribution in [0.5, 0.6) is 0 Å². The van der Waals surface area contributed by atoms with Crippen molar-refractivity contribution in [2.24, 2.45) is 0 Å². The summed E-state index contributed by atoms with van der Waals surface area (Å²) in [6.07, 6.45) is 8.24. The van der Waals surface area contributed by atoms with E-state index in [4.69, 9.17) is 0 Å². The molecule has 0 bridgehead atoms. The monoisotopic (exact) mass is 340 g/mol.